The highest BCUT2D eigenvalue weighted by Gasteiger charge is 2.18. The van der Waals surface area contributed by atoms with Crippen LogP contribution in [0.1, 0.15) is 19.8 Å². The topological polar surface area (TPSA) is 49.8 Å². The van der Waals surface area contributed by atoms with Crippen molar-refractivity contribution in [3.63, 3.8) is 0 Å². The largest absolute Gasteiger partial charge is 0.479 e. The van der Waals surface area contributed by atoms with Gasteiger partial charge in [-0.05, 0) is 18.6 Å². The van der Waals surface area contributed by atoms with E-state index >= 15 is 0 Å². The standard InChI is InChI=1S/C13H19NO3/c1-4-6-12(13(15)16)17-11-8-5-7-10(9-11)14(2)3/h5,7-9,12H,4,6H2,1-3H3,(H,15,16). The number of nitrogens with zero attached hydrogens (tertiary/aromatic N) is 1. The van der Waals surface area contributed by atoms with Crippen molar-refractivity contribution in [2.75, 3.05) is 19.0 Å². The zero-order valence-corrected chi connectivity index (χ0v) is 10.5. The summed E-state index contributed by atoms with van der Waals surface area (Å²) in [5.74, 6) is -0.320. The molecule has 0 saturated carbocycles. The van der Waals surface area contributed by atoms with E-state index < -0.39 is 12.1 Å². The Hall–Kier alpha value is -1.71. The van der Waals surface area contributed by atoms with Crippen molar-refractivity contribution in [1.82, 2.24) is 0 Å². The first kappa shape index (κ1) is 13.4. The minimum absolute atomic E-state index is 0.515. The van der Waals surface area contributed by atoms with E-state index in [1.165, 1.54) is 0 Å². The molecule has 0 aliphatic heterocycles. The van der Waals surface area contributed by atoms with Crippen LogP contribution in [0.4, 0.5) is 5.69 Å². The maximum Gasteiger partial charge on any atom is 0.344 e. The lowest BCUT2D eigenvalue weighted by atomic mass is 10.2. The highest BCUT2D eigenvalue weighted by atomic mass is 16.5. The third-order valence-corrected chi connectivity index (χ3v) is 2.44. The third kappa shape index (κ3) is 3.98. The van der Waals surface area contributed by atoms with Gasteiger partial charge in [0.15, 0.2) is 6.10 Å². The number of benzene rings is 1. The number of carbonyl (C=O) groups is 1. The van der Waals surface area contributed by atoms with Gasteiger partial charge in [-0.2, -0.15) is 0 Å². The van der Waals surface area contributed by atoms with Crippen molar-refractivity contribution in [2.45, 2.75) is 25.9 Å². The number of rotatable bonds is 6. The smallest absolute Gasteiger partial charge is 0.344 e. The maximum atomic E-state index is 11.0. The molecule has 0 saturated heterocycles. The third-order valence-electron chi connectivity index (χ3n) is 2.44. The fourth-order valence-corrected chi connectivity index (χ4v) is 1.49. The molecule has 0 radical (unpaired) electrons. The van der Waals surface area contributed by atoms with E-state index in [9.17, 15) is 4.79 Å². The molecule has 0 aromatic heterocycles. The molecule has 0 aliphatic carbocycles. The predicted octanol–water partition coefficient (Wildman–Crippen LogP) is 2.38. The Morgan fingerprint density at radius 2 is 2.18 bits per heavy atom. The number of carboxylic acids is 1. The molecule has 1 unspecified atom stereocenters. The van der Waals surface area contributed by atoms with Crippen LogP contribution >= 0.6 is 0 Å². The Morgan fingerprint density at radius 1 is 1.47 bits per heavy atom. The van der Waals surface area contributed by atoms with Gasteiger partial charge >= 0.3 is 5.97 Å². The van der Waals surface area contributed by atoms with Gasteiger partial charge in [-0.25, -0.2) is 4.79 Å². The van der Waals surface area contributed by atoms with Gasteiger partial charge in [-0.1, -0.05) is 19.4 Å². The van der Waals surface area contributed by atoms with E-state index in [0.29, 0.717) is 12.2 Å². The fraction of sp³-hybridized carbons (Fsp3) is 0.462. The van der Waals surface area contributed by atoms with Crippen LogP contribution in [-0.4, -0.2) is 31.3 Å². The molecule has 94 valence electrons. The predicted molar refractivity (Wildman–Crippen MR) is 67.7 cm³/mol. The Kier molecular flexibility index (Phi) is 4.82. The maximum absolute atomic E-state index is 11.0. The number of aliphatic carboxylic acids is 1. The molecule has 0 aliphatic rings. The molecule has 1 aromatic carbocycles. The van der Waals surface area contributed by atoms with Gasteiger partial charge in [0.05, 0.1) is 0 Å². The molecule has 0 bridgehead atoms. The van der Waals surface area contributed by atoms with E-state index in [1.54, 1.807) is 6.07 Å². The monoisotopic (exact) mass is 237 g/mol. The molecule has 4 heteroatoms. The summed E-state index contributed by atoms with van der Waals surface area (Å²) in [4.78, 5) is 12.9. The average molecular weight is 237 g/mol. The van der Waals surface area contributed by atoms with E-state index in [4.69, 9.17) is 9.84 Å². The summed E-state index contributed by atoms with van der Waals surface area (Å²) in [6, 6.07) is 7.42. The van der Waals surface area contributed by atoms with Gasteiger partial charge in [0.2, 0.25) is 0 Å². The summed E-state index contributed by atoms with van der Waals surface area (Å²) in [6.45, 7) is 1.94. The van der Waals surface area contributed by atoms with Crippen LogP contribution in [-0.2, 0) is 4.79 Å². The normalized spacial score (nSPS) is 11.9. The zero-order chi connectivity index (χ0) is 12.8. The summed E-state index contributed by atoms with van der Waals surface area (Å²) in [5, 5.41) is 9.01. The van der Waals surface area contributed by atoms with Crippen molar-refractivity contribution >= 4 is 11.7 Å². The summed E-state index contributed by atoms with van der Waals surface area (Å²) < 4.78 is 5.48. The number of anilines is 1. The quantitative estimate of drug-likeness (QED) is 0.825. The SMILES string of the molecule is CCCC(Oc1cccc(N(C)C)c1)C(=O)O. The lowest BCUT2D eigenvalue weighted by molar-refractivity contribution is -0.145. The summed E-state index contributed by atoms with van der Waals surface area (Å²) >= 11 is 0. The Balaban J connectivity index is 2.78. The van der Waals surface area contributed by atoms with Crippen molar-refractivity contribution in [3.05, 3.63) is 24.3 Å². The van der Waals surface area contributed by atoms with Gasteiger partial charge in [-0.15, -0.1) is 0 Å². The zero-order valence-electron chi connectivity index (χ0n) is 10.5. The molecule has 4 nitrogen and oxygen atoms in total. The Bertz CT molecular complexity index is 377. The van der Waals surface area contributed by atoms with Crippen molar-refractivity contribution in [2.24, 2.45) is 0 Å². The molecule has 17 heavy (non-hydrogen) atoms. The lowest BCUT2D eigenvalue weighted by Crippen LogP contribution is -2.26. The van der Waals surface area contributed by atoms with Crippen LogP contribution in [0, 0.1) is 0 Å². The molecule has 1 rings (SSSR count). The molecule has 1 aromatic rings. The van der Waals surface area contributed by atoms with Crippen LogP contribution in [0.2, 0.25) is 0 Å². The van der Waals surface area contributed by atoms with Crippen molar-refractivity contribution in [1.29, 1.82) is 0 Å². The van der Waals surface area contributed by atoms with Gasteiger partial charge in [-0.3, -0.25) is 0 Å². The number of hydrogen-bond donors (Lipinski definition) is 1. The molecular weight excluding hydrogens is 218 g/mol. The van der Waals surface area contributed by atoms with E-state index in [2.05, 4.69) is 0 Å². The first-order chi connectivity index (χ1) is 8.04. The van der Waals surface area contributed by atoms with Crippen LogP contribution in [0.15, 0.2) is 24.3 Å². The average Bonchev–Trinajstić information content (AvgIpc) is 2.28. The Morgan fingerprint density at radius 3 is 2.71 bits per heavy atom. The second-order valence-electron chi connectivity index (χ2n) is 4.13. The minimum Gasteiger partial charge on any atom is -0.479 e. The molecular formula is C13H19NO3. The van der Waals surface area contributed by atoms with E-state index in [1.807, 2.05) is 44.1 Å². The molecule has 0 heterocycles. The summed E-state index contributed by atoms with van der Waals surface area (Å²) in [7, 11) is 3.86. The van der Waals surface area contributed by atoms with Crippen LogP contribution in [0.25, 0.3) is 0 Å². The highest BCUT2D eigenvalue weighted by Crippen LogP contribution is 2.21. The summed E-state index contributed by atoms with van der Waals surface area (Å²) in [6.07, 6.45) is 0.531. The van der Waals surface area contributed by atoms with Gasteiger partial charge in [0.25, 0.3) is 0 Å². The highest BCUT2D eigenvalue weighted by molar-refractivity contribution is 5.72. The molecule has 0 amide bonds. The number of hydrogen-bond acceptors (Lipinski definition) is 3. The van der Waals surface area contributed by atoms with Crippen molar-refractivity contribution < 1.29 is 14.6 Å². The summed E-state index contributed by atoms with van der Waals surface area (Å²) in [5.41, 5.74) is 0.989. The lowest BCUT2D eigenvalue weighted by Gasteiger charge is -2.17. The van der Waals surface area contributed by atoms with Crippen LogP contribution < -0.4 is 9.64 Å². The number of carboxylic acid groups (broad SMARTS) is 1. The van der Waals surface area contributed by atoms with Gasteiger partial charge in [0.1, 0.15) is 5.75 Å². The molecule has 1 atom stereocenters. The second kappa shape index (κ2) is 6.13. The molecule has 1 N–H and O–H groups in total. The molecule has 0 fully saturated rings. The van der Waals surface area contributed by atoms with Gasteiger partial charge in [0, 0.05) is 25.8 Å². The minimum atomic E-state index is -0.915. The van der Waals surface area contributed by atoms with Crippen LogP contribution in [0.3, 0.4) is 0 Å². The van der Waals surface area contributed by atoms with Crippen molar-refractivity contribution in [3.8, 4) is 5.75 Å². The Labute approximate surface area is 102 Å². The van der Waals surface area contributed by atoms with E-state index in [0.717, 1.165) is 12.1 Å². The van der Waals surface area contributed by atoms with Crippen LogP contribution in [0.5, 0.6) is 5.75 Å². The number of ether oxygens (including phenoxy) is 1. The van der Waals surface area contributed by atoms with E-state index in [-0.39, 0.29) is 0 Å². The van der Waals surface area contributed by atoms with Gasteiger partial charge < -0.3 is 14.7 Å². The first-order valence-electron chi connectivity index (χ1n) is 5.71. The first-order valence-corrected chi connectivity index (χ1v) is 5.71. The fourth-order valence-electron chi connectivity index (χ4n) is 1.49. The second-order valence-corrected chi connectivity index (χ2v) is 4.13. The molecule has 0 spiro atoms.